The number of hydrogen-bond acceptors (Lipinski definition) is 5. The Bertz CT molecular complexity index is 1020. The second-order valence-electron chi connectivity index (χ2n) is 5.39. The molecule has 2 aromatic carbocycles. The summed E-state index contributed by atoms with van der Waals surface area (Å²) in [4.78, 5) is 35.1. The number of nitro benzene ring substituents is 1. The molecule has 27 heavy (non-hydrogen) atoms. The zero-order valence-electron chi connectivity index (χ0n) is 13.6. The van der Waals surface area contributed by atoms with Crippen molar-refractivity contribution >= 4 is 51.8 Å². The third-order valence-electron chi connectivity index (χ3n) is 3.54. The third-order valence-corrected chi connectivity index (χ3v) is 4.72. The van der Waals surface area contributed by atoms with E-state index in [0.29, 0.717) is 16.3 Å². The average Bonchev–Trinajstić information content (AvgIpc) is 3.19. The number of rotatable bonds is 5. The third kappa shape index (κ3) is 4.49. The number of non-ortho nitro benzene ring substituents is 1. The molecule has 0 saturated carbocycles. The summed E-state index contributed by atoms with van der Waals surface area (Å²) in [6.07, 6.45) is 0. The van der Waals surface area contributed by atoms with Gasteiger partial charge in [-0.05, 0) is 35.7 Å². The van der Waals surface area contributed by atoms with Crippen molar-refractivity contribution in [2.75, 3.05) is 10.6 Å². The van der Waals surface area contributed by atoms with Crippen molar-refractivity contribution in [3.05, 3.63) is 85.6 Å². The first-order valence-corrected chi connectivity index (χ1v) is 8.90. The lowest BCUT2D eigenvalue weighted by molar-refractivity contribution is -0.384. The van der Waals surface area contributed by atoms with Gasteiger partial charge in [0.1, 0.15) is 0 Å². The lowest BCUT2D eigenvalue weighted by Gasteiger charge is -2.10. The van der Waals surface area contributed by atoms with Crippen LogP contribution < -0.4 is 10.6 Å². The second kappa shape index (κ2) is 7.98. The summed E-state index contributed by atoms with van der Waals surface area (Å²) in [7, 11) is 0. The van der Waals surface area contributed by atoms with E-state index in [0.717, 1.165) is 0 Å². The summed E-state index contributed by atoms with van der Waals surface area (Å²) in [6.45, 7) is 0. The van der Waals surface area contributed by atoms with Crippen molar-refractivity contribution in [2.24, 2.45) is 0 Å². The number of nitro groups is 1. The smallest absolute Gasteiger partial charge is 0.270 e. The molecule has 0 bridgehead atoms. The van der Waals surface area contributed by atoms with Crippen LogP contribution in [-0.2, 0) is 0 Å². The maximum Gasteiger partial charge on any atom is 0.270 e. The topological polar surface area (TPSA) is 101 Å². The Morgan fingerprint density at radius 1 is 1.00 bits per heavy atom. The maximum absolute atomic E-state index is 12.3. The highest BCUT2D eigenvalue weighted by atomic mass is 35.5. The summed E-state index contributed by atoms with van der Waals surface area (Å²) in [5.41, 5.74) is 0.775. The highest BCUT2D eigenvalue weighted by Crippen LogP contribution is 2.27. The molecule has 3 rings (SSSR count). The van der Waals surface area contributed by atoms with Crippen LogP contribution in [0.1, 0.15) is 20.0 Å². The Balaban J connectivity index is 1.72. The molecule has 2 amide bonds. The summed E-state index contributed by atoms with van der Waals surface area (Å²) in [5, 5.41) is 18.2. The Hall–Kier alpha value is -3.23. The Morgan fingerprint density at radius 3 is 2.48 bits per heavy atom. The summed E-state index contributed by atoms with van der Waals surface area (Å²) < 4.78 is 0. The number of hydrogen-bond donors (Lipinski definition) is 2. The van der Waals surface area contributed by atoms with Crippen LogP contribution in [0.5, 0.6) is 0 Å². The largest absolute Gasteiger partial charge is 0.322 e. The second-order valence-corrected chi connectivity index (χ2v) is 6.74. The molecule has 136 valence electrons. The predicted octanol–water partition coefficient (Wildman–Crippen LogP) is 4.81. The van der Waals surface area contributed by atoms with Crippen molar-refractivity contribution in [1.82, 2.24) is 0 Å². The summed E-state index contributed by atoms with van der Waals surface area (Å²) in [6, 6.07) is 13.5. The molecule has 0 radical (unpaired) electrons. The molecule has 0 unspecified atom stereocenters. The molecule has 0 spiro atoms. The number of thiophene rings is 1. The van der Waals surface area contributed by atoms with Gasteiger partial charge >= 0.3 is 0 Å². The van der Waals surface area contributed by atoms with Gasteiger partial charge in [0.15, 0.2) is 0 Å². The van der Waals surface area contributed by atoms with Gasteiger partial charge in [-0.1, -0.05) is 23.7 Å². The SMILES string of the molecule is O=C(Nc1ccc(NC(=O)c2cccs2)c(Cl)c1)c1cccc([N+](=O)[O-])c1. The molecule has 1 heterocycles. The quantitative estimate of drug-likeness (QED) is 0.473. The molecule has 0 aliphatic carbocycles. The fourth-order valence-corrected chi connectivity index (χ4v) is 3.10. The Labute approximate surface area is 162 Å². The van der Waals surface area contributed by atoms with Crippen LogP contribution in [0.15, 0.2) is 60.0 Å². The number of carbonyl (C=O) groups excluding carboxylic acids is 2. The van der Waals surface area contributed by atoms with E-state index in [1.807, 2.05) is 0 Å². The van der Waals surface area contributed by atoms with Crippen LogP contribution >= 0.6 is 22.9 Å². The molecule has 3 aromatic rings. The fourth-order valence-electron chi connectivity index (χ4n) is 2.25. The molecule has 0 aliphatic heterocycles. The molecule has 0 fully saturated rings. The zero-order chi connectivity index (χ0) is 19.4. The van der Waals surface area contributed by atoms with Gasteiger partial charge in [-0.25, -0.2) is 0 Å². The molecule has 2 N–H and O–H groups in total. The van der Waals surface area contributed by atoms with Crippen LogP contribution in [0.25, 0.3) is 0 Å². The van der Waals surface area contributed by atoms with Gasteiger partial charge in [-0.3, -0.25) is 19.7 Å². The monoisotopic (exact) mass is 401 g/mol. The van der Waals surface area contributed by atoms with Gasteiger partial charge < -0.3 is 10.6 Å². The van der Waals surface area contributed by atoms with Gasteiger partial charge in [0.25, 0.3) is 17.5 Å². The first-order valence-electron chi connectivity index (χ1n) is 7.64. The van der Waals surface area contributed by atoms with E-state index in [4.69, 9.17) is 11.6 Å². The number of halogens is 1. The van der Waals surface area contributed by atoms with Crippen molar-refractivity contribution in [1.29, 1.82) is 0 Å². The highest BCUT2D eigenvalue weighted by molar-refractivity contribution is 7.12. The number of nitrogens with zero attached hydrogens (tertiary/aromatic N) is 1. The Kier molecular flexibility index (Phi) is 5.49. The van der Waals surface area contributed by atoms with Gasteiger partial charge in [0, 0.05) is 23.4 Å². The lowest BCUT2D eigenvalue weighted by Crippen LogP contribution is -2.13. The zero-order valence-corrected chi connectivity index (χ0v) is 15.2. The minimum atomic E-state index is -0.571. The first-order chi connectivity index (χ1) is 12.9. The fraction of sp³-hybridized carbons (Fsp3) is 0. The molecular weight excluding hydrogens is 390 g/mol. The van der Waals surface area contributed by atoms with E-state index in [-0.39, 0.29) is 22.2 Å². The summed E-state index contributed by atoms with van der Waals surface area (Å²) in [5.74, 6) is -0.787. The van der Waals surface area contributed by atoms with Crippen LogP contribution in [0, 0.1) is 10.1 Å². The molecular formula is C18H12ClN3O4S. The minimum absolute atomic E-state index is 0.149. The van der Waals surface area contributed by atoms with Crippen molar-refractivity contribution in [3.63, 3.8) is 0 Å². The minimum Gasteiger partial charge on any atom is -0.322 e. The van der Waals surface area contributed by atoms with Gasteiger partial charge in [0.2, 0.25) is 0 Å². The molecule has 1 aromatic heterocycles. The average molecular weight is 402 g/mol. The van der Waals surface area contributed by atoms with Crippen molar-refractivity contribution in [3.8, 4) is 0 Å². The maximum atomic E-state index is 12.3. The van der Waals surface area contributed by atoms with Gasteiger partial charge in [0.05, 0.1) is 20.5 Å². The normalized spacial score (nSPS) is 10.3. The first kappa shape index (κ1) is 18.6. The van der Waals surface area contributed by atoms with E-state index in [2.05, 4.69) is 10.6 Å². The number of amides is 2. The van der Waals surface area contributed by atoms with E-state index in [9.17, 15) is 19.7 Å². The van der Waals surface area contributed by atoms with Crippen LogP contribution in [0.4, 0.5) is 17.1 Å². The molecule has 9 heteroatoms. The summed E-state index contributed by atoms with van der Waals surface area (Å²) >= 11 is 7.49. The Morgan fingerprint density at radius 2 is 1.81 bits per heavy atom. The number of anilines is 2. The van der Waals surface area contributed by atoms with E-state index in [1.54, 1.807) is 29.6 Å². The lowest BCUT2D eigenvalue weighted by atomic mass is 10.2. The van der Waals surface area contributed by atoms with E-state index >= 15 is 0 Å². The van der Waals surface area contributed by atoms with Crippen LogP contribution in [0.2, 0.25) is 5.02 Å². The number of benzene rings is 2. The number of nitrogens with one attached hydrogen (secondary N) is 2. The van der Waals surface area contributed by atoms with Crippen LogP contribution in [-0.4, -0.2) is 16.7 Å². The molecule has 7 nitrogen and oxygen atoms in total. The van der Waals surface area contributed by atoms with Gasteiger partial charge in [-0.15, -0.1) is 11.3 Å². The van der Waals surface area contributed by atoms with Crippen molar-refractivity contribution in [2.45, 2.75) is 0 Å². The molecule has 0 saturated heterocycles. The highest BCUT2D eigenvalue weighted by Gasteiger charge is 2.13. The predicted molar refractivity (Wildman–Crippen MR) is 105 cm³/mol. The molecule has 0 aliphatic rings. The van der Waals surface area contributed by atoms with E-state index in [1.165, 1.54) is 41.7 Å². The standard InChI is InChI=1S/C18H12ClN3O4S/c19-14-10-12(6-7-15(14)21-18(24)16-5-2-8-27-16)20-17(23)11-3-1-4-13(9-11)22(25)26/h1-10H,(H,20,23)(H,21,24). The van der Waals surface area contributed by atoms with E-state index < -0.39 is 10.8 Å². The molecule has 0 atom stereocenters. The number of carbonyl (C=O) groups is 2. The van der Waals surface area contributed by atoms with Crippen molar-refractivity contribution < 1.29 is 14.5 Å². The van der Waals surface area contributed by atoms with Gasteiger partial charge in [-0.2, -0.15) is 0 Å². The van der Waals surface area contributed by atoms with Crippen LogP contribution in [0.3, 0.4) is 0 Å².